The molecule has 37 heavy (non-hydrogen) atoms. The number of nitrogen functional groups attached to an aromatic ring is 2. The molecular formula is C28H26Cl4N4S. The van der Waals surface area contributed by atoms with Crippen molar-refractivity contribution in [2.45, 2.75) is 9.79 Å². The van der Waals surface area contributed by atoms with Crippen molar-refractivity contribution in [2.75, 3.05) is 49.5 Å². The van der Waals surface area contributed by atoms with Crippen LogP contribution >= 0.6 is 58.2 Å². The first-order chi connectivity index (χ1) is 17.5. The summed E-state index contributed by atoms with van der Waals surface area (Å²) in [6.07, 6.45) is 0. The summed E-state index contributed by atoms with van der Waals surface area (Å²) in [5.74, 6) is 0. The number of halogens is 4. The van der Waals surface area contributed by atoms with Crippen LogP contribution in [0.1, 0.15) is 0 Å². The fourth-order valence-electron chi connectivity index (χ4n) is 4.10. The van der Waals surface area contributed by atoms with Crippen molar-refractivity contribution in [3.8, 4) is 22.3 Å². The Labute approximate surface area is 242 Å². The lowest BCUT2D eigenvalue weighted by molar-refractivity contribution is 1.13. The topological polar surface area (TPSA) is 58.5 Å². The van der Waals surface area contributed by atoms with Gasteiger partial charge < -0.3 is 21.3 Å². The molecule has 4 rings (SSSR count). The van der Waals surface area contributed by atoms with Crippen LogP contribution in [-0.4, -0.2) is 28.2 Å². The van der Waals surface area contributed by atoms with Crippen molar-refractivity contribution in [2.24, 2.45) is 0 Å². The summed E-state index contributed by atoms with van der Waals surface area (Å²) in [7, 11) is 7.86. The third kappa shape index (κ3) is 5.57. The molecule has 0 aliphatic carbocycles. The van der Waals surface area contributed by atoms with Gasteiger partial charge in [0.1, 0.15) is 0 Å². The first kappa shape index (κ1) is 27.6. The Morgan fingerprint density at radius 3 is 1.27 bits per heavy atom. The third-order valence-corrected chi connectivity index (χ3v) is 8.63. The highest BCUT2D eigenvalue weighted by Crippen LogP contribution is 2.50. The van der Waals surface area contributed by atoms with Gasteiger partial charge in [-0.1, -0.05) is 70.3 Å². The first-order valence-electron chi connectivity index (χ1n) is 11.3. The highest BCUT2D eigenvalue weighted by molar-refractivity contribution is 7.99. The molecule has 0 amide bonds. The van der Waals surface area contributed by atoms with E-state index in [0.29, 0.717) is 31.5 Å². The van der Waals surface area contributed by atoms with E-state index in [9.17, 15) is 0 Å². The largest absolute Gasteiger partial charge is 0.399 e. The standard InChI is InChI=1S/C28H26Cl4N4S/c1-35(2)21-9-11-23(27(31)25(21)17-7-5-15(33)13-19(17)29)37-24-12-10-22(36(3)4)26(28(24)32)18-8-6-16(34)14-20(18)30/h5-14H,33-34H2,1-4H3. The van der Waals surface area contributed by atoms with Gasteiger partial charge in [-0.2, -0.15) is 0 Å². The Balaban J connectivity index is 1.88. The number of rotatable bonds is 6. The molecule has 4 aromatic rings. The molecule has 0 saturated carbocycles. The lowest BCUT2D eigenvalue weighted by Crippen LogP contribution is -2.11. The fraction of sp³-hybridized carbons (Fsp3) is 0.143. The molecule has 0 fully saturated rings. The van der Waals surface area contributed by atoms with Crippen LogP contribution in [0.4, 0.5) is 22.7 Å². The second-order valence-electron chi connectivity index (χ2n) is 8.91. The summed E-state index contributed by atoms with van der Waals surface area (Å²) in [5.41, 5.74) is 18.2. The zero-order valence-corrected chi connectivity index (χ0v) is 24.6. The average molecular weight is 592 g/mol. The molecule has 0 radical (unpaired) electrons. The van der Waals surface area contributed by atoms with Gasteiger partial charge in [-0.15, -0.1) is 0 Å². The van der Waals surface area contributed by atoms with Crippen LogP contribution in [0.5, 0.6) is 0 Å². The second kappa shape index (κ2) is 11.1. The van der Waals surface area contributed by atoms with Crippen molar-refractivity contribution in [1.82, 2.24) is 0 Å². The monoisotopic (exact) mass is 590 g/mol. The van der Waals surface area contributed by atoms with Gasteiger partial charge in [0.2, 0.25) is 0 Å². The molecule has 0 saturated heterocycles. The first-order valence-corrected chi connectivity index (χ1v) is 13.6. The summed E-state index contributed by atoms with van der Waals surface area (Å²) in [6.45, 7) is 0. The van der Waals surface area contributed by atoms with Gasteiger partial charge in [-0.3, -0.25) is 0 Å². The number of nitrogens with two attached hydrogens (primary N) is 2. The van der Waals surface area contributed by atoms with Gasteiger partial charge in [-0.05, 0) is 48.5 Å². The van der Waals surface area contributed by atoms with Crippen molar-refractivity contribution in [1.29, 1.82) is 0 Å². The lowest BCUT2D eigenvalue weighted by Gasteiger charge is -2.23. The molecule has 0 aliphatic rings. The maximum Gasteiger partial charge on any atom is 0.0645 e. The summed E-state index contributed by atoms with van der Waals surface area (Å²) in [5, 5.41) is 2.20. The molecule has 0 bridgehead atoms. The Hall–Kier alpha value is -2.41. The summed E-state index contributed by atoms with van der Waals surface area (Å²) >= 11 is 28.8. The van der Waals surface area contributed by atoms with Gasteiger partial charge in [-0.25, -0.2) is 0 Å². The van der Waals surface area contributed by atoms with Crippen molar-refractivity contribution in [3.63, 3.8) is 0 Å². The molecule has 0 unspecified atom stereocenters. The van der Waals surface area contributed by atoms with E-state index in [0.717, 1.165) is 43.4 Å². The molecule has 192 valence electrons. The molecule has 4 N–H and O–H groups in total. The number of nitrogens with zero attached hydrogens (tertiary/aromatic N) is 2. The van der Waals surface area contributed by atoms with E-state index in [-0.39, 0.29) is 0 Å². The Bertz CT molecular complexity index is 1380. The molecule has 0 atom stereocenters. The van der Waals surface area contributed by atoms with Gasteiger partial charge in [0, 0.05) is 83.0 Å². The number of anilines is 4. The van der Waals surface area contributed by atoms with E-state index in [1.165, 1.54) is 11.8 Å². The highest BCUT2D eigenvalue weighted by Gasteiger charge is 2.22. The predicted molar refractivity (Wildman–Crippen MR) is 165 cm³/mol. The summed E-state index contributed by atoms with van der Waals surface area (Å²) in [4.78, 5) is 5.68. The van der Waals surface area contributed by atoms with E-state index < -0.39 is 0 Å². The van der Waals surface area contributed by atoms with E-state index in [1.807, 2.05) is 86.5 Å². The average Bonchev–Trinajstić information content (AvgIpc) is 2.82. The van der Waals surface area contributed by atoms with Crippen LogP contribution < -0.4 is 21.3 Å². The van der Waals surface area contributed by atoms with Crippen LogP contribution in [0.25, 0.3) is 22.3 Å². The number of hydrogen-bond donors (Lipinski definition) is 2. The van der Waals surface area contributed by atoms with Gasteiger partial charge in [0.05, 0.1) is 20.1 Å². The minimum absolute atomic E-state index is 0.529. The molecule has 0 heterocycles. The van der Waals surface area contributed by atoms with E-state index in [1.54, 1.807) is 12.1 Å². The Morgan fingerprint density at radius 2 is 0.946 bits per heavy atom. The molecule has 4 nitrogen and oxygen atoms in total. The molecule has 0 spiro atoms. The van der Waals surface area contributed by atoms with E-state index in [2.05, 4.69) is 0 Å². The minimum atomic E-state index is 0.529. The maximum absolute atomic E-state index is 7.06. The van der Waals surface area contributed by atoms with Crippen LogP contribution in [0.3, 0.4) is 0 Å². The Morgan fingerprint density at radius 1 is 0.568 bits per heavy atom. The zero-order valence-electron chi connectivity index (χ0n) is 20.7. The quantitative estimate of drug-likeness (QED) is 0.219. The van der Waals surface area contributed by atoms with E-state index in [4.69, 9.17) is 57.9 Å². The normalized spacial score (nSPS) is 11.0. The maximum atomic E-state index is 7.06. The molecule has 0 aliphatic heterocycles. The van der Waals surface area contributed by atoms with Crippen molar-refractivity contribution < 1.29 is 0 Å². The molecule has 9 heteroatoms. The van der Waals surface area contributed by atoms with Gasteiger partial charge in [0.25, 0.3) is 0 Å². The summed E-state index contributed by atoms with van der Waals surface area (Å²) < 4.78 is 0. The molecule has 4 aromatic carbocycles. The Kier molecular flexibility index (Phi) is 8.32. The van der Waals surface area contributed by atoms with Gasteiger partial charge >= 0.3 is 0 Å². The van der Waals surface area contributed by atoms with Crippen LogP contribution in [-0.2, 0) is 0 Å². The van der Waals surface area contributed by atoms with Crippen molar-refractivity contribution >= 4 is 80.9 Å². The van der Waals surface area contributed by atoms with Crippen molar-refractivity contribution in [3.05, 3.63) is 80.8 Å². The SMILES string of the molecule is CN(C)c1ccc(Sc2ccc(N(C)C)c(-c3ccc(N)cc3Cl)c2Cl)c(Cl)c1-c1ccc(N)cc1Cl. The van der Waals surface area contributed by atoms with Crippen LogP contribution in [0, 0.1) is 0 Å². The van der Waals surface area contributed by atoms with Gasteiger partial charge in [0.15, 0.2) is 0 Å². The smallest absolute Gasteiger partial charge is 0.0645 e. The molecule has 0 aromatic heterocycles. The second-order valence-corrected chi connectivity index (χ2v) is 11.6. The number of benzene rings is 4. The minimum Gasteiger partial charge on any atom is -0.399 e. The van der Waals surface area contributed by atoms with Crippen LogP contribution in [0.2, 0.25) is 20.1 Å². The lowest BCUT2D eigenvalue weighted by atomic mass is 10.0. The third-order valence-electron chi connectivity index (χ3n) is 5.88. The zero-order chi connectivity index (χ0) is 27.0. The fourth-order valence-corrected chi connectivity index (χ4v) is 6.31. The predicted octanol–water partition coefficient (Wildman–Crippen LogP) is 9.08. The van der Waals surface area contributed by atoms with E-state index >= 15 is 0 Å². The highest BCUT2D eigenvalue weighted by atomic mass is 35.5. The van der Waals surface area contributed by atoms with Crippen LogP contribution in [0.15, 0.2) is 70.5 Å². The number of hydrogen-bond acceptors (Lipinski definition) is 5. The molecular weight excluding hydrogens is 566 g/mol. The summed E-state index contributed by atoms with van der Waals surface area (Å²) in [6, 6.07) is 18.9.